The number of anilines is 2. The summed E-state index contributed by atoms with van der Waals surface area (Å²) >= 11 is 0. The quantitative estimate of drug-likeness (QED) is 0.306. The van der Waals surface area contributed by atoms with Crippen LogP contribution in [0.2, 0.25) is 0 Å². The highest BCUT2D eigenvalue weighted by atomic mass is 16.4. The summed E-state index contributed by atoms with van der Waals surface area (Å²) < 4.78 is 2.01. The molecule has 218 valence electrons. The third-order valence-corrected chi connectivity index (χ3v) is 8.59. The van der Waals surface area contributed by atoms with Crippen molar-refractivity contribution < 1.29 is 14.7 Å². The Morgan fingerprint density at radius 2 is 1.69 bits per heavy atom. The lowest BCUT2D eigenvalue weighted by Crippen LogP contribution is -2.43. The number of carboxylic acid groups (broad SMARTS) is 1. The van der Waals surface area contributed by atoms with Crippen LogP contribution in [0.25, 0.3) is 22.0 Å². The van der Waals surface area contributed by atoms with Gasteiger partial charge in [-0.15, -0.1) is 0 Å². The van der Waals surface area contributed by atoms with Gasteiger partial charge in [-0.3, -0.25) is 19.2 Å². The van der Waals surface area contributed by atoms with Gasteiger partial charge in [-0.1, -0.05) is 30.3 Å². The van der Waals surface area contributed by atoms with Crippen molar-refractivity contribution in [2.45, 2.75) is 63.6 Å². The number of amides is 1. The molecule has 1 saturated heterocycles. The summed E-state index contributed by atoms with van der Waals surface area (Å²) in [4.78, 5) is 36.9. The second kappa shape index (κ2) is 12.3. The van der Waals surface area contributed by atoms with Crippen LogP contribution in [0.15, 0.2) is 67.1 Å². The predicted octanol–water partition coefficient (Wildman–Crippen LogP) is 4.99. The molecule has 10 heteroatoms. The summed E-state index contributed by atoms with van der Waals surface area (Å²) in [6, 6.07) is 16.9. The number of rotatable bonds is 8. The summed E-state index contributed by atoms with van der Waals surface area (Å²) in [5.74, 6) is -0.0689. The Kier molecular flexibility index (Phi) is 8.14. The Morgan fingerprint density at radius 1 is 0.952 bits per heavy atom. The van der Waals surface area contributed by atoms with E-state index in [1.807, 2.05) is 63.3 Å². The van der Waals surface area contributed by atoms with E-state index in [4.69, 9.17) is 5.11 Å². The lowest BCUT2D eigenvalue weighted by molar-refractivity contribution is -0.138. The van der Waals surface area contributed by atoms with Gasteiger partial charge in [0.2, 0.25) is 11.9 Å². The van der Waals surface area contributed by atoms with Gasteiger partial charge in [0, 0.05) is 61.1 Å². The van der Waals surface area contributed by atoms with E-state index in [-0.39, 0.29) is 30.6 Å². The lowest BCUT2D eigenvalue weighted by Gasteiger charge is -2.36. The number of para-hydroxylation sites is 1. The van der Waals surface area contributed by atoms with Gasteiger partial charge >= 0.3 is 5.97 Å². The van der Waals surface area contributed by atoms with Crippen LogP contribution in [0.4, 0.5) is 11.6 Å². The number of nitrogens with zero attached hydrogens (tertiary/aromatic N) is 6. The first-order valence-electron chi connectivity index (χ1n) is 14.8. The number of carbonyl (C=O) groups excluding carboxylic acids is 1. The van der Waals surface area contributed by atoms with Gasteiger partial charge in [0.15, 0.2) is 0 Å². The number of nitrogens with one attached hydrogen (secondary N) is 1. The maximum atomic E-state index is 12.8. The van der Waals surface area contributed by atoms with Crippen LogP contribution in [0.3, 0.4) is 0 Å². The summed E-state index contributed by atoms with van der Waals surface area (Å²) in [7, 11) is 0. The van der Waals surface area contributed by atoms with E-state index >= 15 is 0 Å². The van der Waals surface area contributed by atoms with Crippen molar-refractivity contribution in [2.75, 3.05) is 29.9 Å². The Balaban J connectivity index is 1.06. The van der Waals surface area contributed by atoms with E-state index in [1.165, 1.54) is 0 Å². The fraction of sp³-hybridized carbons (Fsp3) is 0.406. The predicted molar refractivity (Wildman–Crippen MR) is 162 cm³/mol. The number of hydrogen-bond donors (Lipinski definition) is 2. The van der Waals surface area contributed by atoms with Crippen LogP contribution in [0.1, 0.15) is 51.5 Å². The molecular formula is C32H37N7O3. The minimum atomic E-state index is -0.779. The molecule has 1 saturated carbocycles. The molecule has 0 unspecified atom stereocenters. The molecule has 1 aliphatic carbocycles. The van der Waals surface area contributed by atoms with Crippen LogP contribution in [0, 0.1) is 0 Å². The lowest BCUT2D eigenvalue weighted by atomic mass is 9.89. The molecule has 0 radical (unpaired) electrons. The van der Waals surface area contributed by atoms with Gasteiger partial charge < -0.3 is 15.3 Å². The normalized spacial score (nSPS) is 19.9. The molecule has 10 nitrogen and oxygen atoms in total. The zero-order chi connectivity index (χ0) is 29.1. The molecule has 2 fully saturated rings. The van der Waals surface area contributed by atoms with Gasteiger partial charge in [0.1, 0.15) is 0 Å². The smallest absolute Gasteiger partial charge is 0.317 e. The number of aromatic nitrogens is 4. The second-order valence-corrected chi connectivity index (χ2v) is 11.4. The molecule has 0 atom stereocenters. The van der Waals surface area contributed by atoms with Gasteiger partial charge in [-0.05, 0) is 62.3 Å². The first-order valence-corrected chi connectivity index (χ1v) is 14.8. The van der Waals surface area contributed by atoms with Crippen LogP contribution < -0.4 is 10.2 Å². The maximum absolute atomic E-state index is 12.8. The van der Waals surface area contributed by atoms with Gasteiger partial charge in [-0.2, -0.15) is 5.10 Å². The van der Waals surface area contributed by atoms with Gasteiger partial charge in [0.25, 0.3) is 0 Å². The number of hydrogen-bond acceptors (Lipinski definition) is 7. The first-order chi connectivity index (χ1) is 20.4. The van der Waals surface area contributed by atoms with Crippen molar-refractivity contribution in [3.63, 3.8) is 0 Å². The molecule has 4 aromatic rings. The summed E-state index contributed by atoms with van der Waals surface area (Å²) in [6.07, 6.45) is 11.3. The van der Waals surface area contributed by atoms with Crippen LogP contribution >= 0.6 is 0 Å². The number of carboxylic acids is 1. The molecule has 3 heterocycles. The van der Waals surface area contributed by atoms with Gasteiger partial charge in [0.05, 0.1) is 24.3 Å². The molecule has 2 aromatic heterocycles. The van der Waals surface area contributed by atoms with Crippen molar-refractivity contribution in [3.8, 4) is 11.1 Å². The SMILES string of the molecule is CC(=O)N(c1ccc(-c2cnn(C3CCN(CC(=O)O)CC3)c2)cc1)C1CCC(Nc2ncc3ccccc3n2)CC1. The van der Waals surface area contributed by atoms with Crippen molar-refractivity contribution in [2.24, 2.45) is 0 Å². The minimum Gasteiger partial charge on any atom is -0.480 e. The van der Waals surface area contributed by atoms with Crippen molar-refractivity contribution in [3.05, 3.63) is 67.1 Å². The molecule has 2 aliphatic rings. The number of likely N-dealkylation sites (tertiary alicyclic amines) is 1. The molecule has 2 N–H and O–H groups in total. The number of fused-ring (bicyclic) bond motifs is 1. The Bertz CT molecular complexity index is 1540. The van der Waals surface area contributed by atoms with E-state index in [9.17, 15) is 9.59 Å². The van der Waals surface area contributed by atoms with Gasteiger partial charge in [-0.25, -0.2) is 9.97 Å². The minimum absolute atomic E-state index is 0.0547. The highest BCUT2D eigenvalue weighted by Crippen LogP contribution is 2.31. The average Bonchev–Trinajstić information content (AvgIpc) is 3.49. The molecule has 1 amide bonds. The second-order valence-electron chi connectivity index (χ2n) is 11.4. The third kappa shape index (κ3) is 6.28. The molecule has 6 rings (SSSR count). The Labute approximate surface area is 245 Å². The molecule has 0 bridgehead atoms. The van der Waals surface area contributed by atoms with Crippen molar-refractivity contribution >= 4 is 34.4 Å². The highest BCUT2D eigenvalue weighted by molar-refractivity contribution is 5.92. The zero-order valence-electron chi connectivity index (χ0n) is 23.9. The molecular weight excluding hydrogens is 530 g/mol. The fourth-order valence-corrected chi connectivity index (χ4v) is 6.39. The summed E-state index contributed by atoms with van der Waals surface area (Å²) in [5.41, 5.74) is 3.94. The highest BCUT2D eigenvalue weighted by Gasteiger charge is 2.29. The van der Waals surface area contributed by atoms with E-state index in [1.54, 1.807) is 6.92 Å². The summed E-state index contributed by atoms with van der Waals surface area (Å²) in [5, 5.41) is 18.2. The Morgan fingerprint density at radius 3 is 2.40 bits per heavy atom. The third-order valence-electron chi connectivity index (χ3n) is 8.59. The number of aliphatic carboxylic acids is 1. The topological polar surface area (TPSA) is 116 Å². The van der Waals surface area contributed by atoms with Crippen LogP contribution in [-0.4, -0.2) is 73.3 Å². The largest absolute Gasteiger partial charge is 0.480 e. The Hall–Kier alpha value is -4.31. The molecule has 2 aromatic carbocycles. The maximum Gasteiger partial charge on any atom is 0.317 e. The first kappa shape index (κ1) is 27.8. The monoisotopic (exact) mass is 567 g/mol. The average molecular weight is 568 g/mol. The van der Waals surface area contributed by atoms with Crippen LogP contribution in [0.5, 0.6) is 0 Å². The van der Waals surface area contributed by atoms with Crippen molar-refractivity contribution in [1.29, 1.82) is 0 Å². The number of benzene rings is 2. The van der Waals surface area contributed by atoms with E-state index in [0.717, 1.165) is 79.3 Å². The number of piperidine rings is 1. The van der Waals surface area contributed by atoms with E-state index < -0.39 is 5.97 Å². The molecule has 1 aliphatic heterocycles. The van der Waals surface area contributed by atoms with Crippen molar-refractivity contribution in [1.82, 2.24) is 24.6 Å². The summed E-state index contributed by atoms with van der Waals surface area (Å²) in [6.45, 7) is 3.26. The number of carbonyl (C=O) groups is 2. The van der Waals surface area contributed by atoms with E-state index in [2.05, 4.69) is 38.7 Å². The fourth-order valence-electron chi connectivity index (χ4n) is 6.39. The van der Waals surface area contributed by atoms with E-state index in [0.29, 0.717) is 5.95 Å². The molecule has 42 heavy (non-hydrogen) atoms. The zero-order valence-corrected chi connectivity index (χ0v) is 23.9. The molecule has 0 spiro atoms. The standard InChI is InChI=1S/C32H37N7O3/c1-22(40)39(29-12-8-26(9-13-29)35-32-33-18-24-4-2-3-5-30(24)36-32)28-10-6-23(7-11-28)25-19-34-38(20-25)27-14-16-37(17-15-27)21-31(41)42/h2-7,10-11,18-20,26-27,29H,8-9,12-17,21H2,1H3,(H,41,42)(H,33,35,36). The van der Waals surface area contributed by atoms with Crippen LogP contribution in [-0.2, 0) is 9.59 Å².